The first-order valence-electron chi connectivity index (χ1n) is 7.78. The Balaban J connectivity index is 1.75. The van der Waals surface area contributed by atoms with Gasteiger partial charge in [0.05, 0.1) is 11.5 Å². The molecular formula is C16H21NO5S. The van der Waals surface area contributed by atoms with Crippen molar-refractivity contribution in [3.8, 4) is 0 Å². The summed E-state index contributed by atoms with van der Waals surface area (Å²) >= 11 is 0. The molecule has 1 aromatic carbocycles. The first kappa shape index (κ1) is 17.6. The van der Waals surface area contributed by atoms with Gasteiger partial charge in [-0.05, 0) is 37.8 Å². The van der Waals surface area contributed by atoms with Gasteiger partial charge < -0.3 is 0 Å². The minimum absolute atomic E-state index is 0.0352. The number of imide groups is 1. The van der Waals surface area contributed by atoms with Crippen LogP contribution in [0.15, 0.2) is 35.2 Å². The SMILES string of the molecule is O=C1CCCCC(=O)N1CCCCOS(=O)(=O)c1ccccc1. The van der Waals surface area contributed by atoms with Crippen LogP contribution < -0.4 is 0 Å². The number of rotatable bonds is 7. The van der Waals surface area contributed by atoms with Gasteiger partial charge in [0.25, 0.3) is 10.1 Å². The number of carbonyl (C=O) groups is 2. The summed E-state index contributed by atoms with van der Waals surface area (Å²) < 4.78 is 28.8. The Kier molecular flexibility index (Phi) is 6.29. The summed E-state index contributed by atoms with van der Waals surface area (Å²) in [5.74, 6) is -0.268. The third-order valence-corrected chi connectivity index (χ3v) is 5.01. The number of nitrogens with zero attached hydrogens (tertiary/aromatic N) is 1. The van der Waals surface area contributed by atoms with Crippen LogP contribution in [0.3, 0.4) is 0 Å². The van der Waals surface area contributed by atoms with Crippen molar-refractivity contribution >= 4 is 21.9 Å². The number of carbonyl (C=O) groups excluding carboxylic acids is 2. The van der Waals surface area contributed by atoms with Crippen LogP contribution in [-0.2, 0) is 23.9 Å². The third-order valence-electron chi connectivity index (χ3n) is 3.68. The Labute approximate surface area is 136 Å². The Morgan fingerprint density at radius 1 is 0.957 bits per heavy atom. The van der Waals surface area contributed by atoms with E-state index >= 15 is 0 Å². The molecule has 23 heavy (non-hydrogen) atoms. The minimum Gasteiger partial charge on any atom is -0.283 e. The van der Waals surface area contributed by atoms with Crippen LogP contribution in [0.5, 0.6) is 0 Å². The molecule has 126 valence electrons. The van der Waals surface area contributed by atoms with E-state index in [-0.39, 0.29) is 23.3 Å². The van der Waals surface area contributed by atoms with E-state index in [9.17, 15) is 18.0 Å². The summed E-state index contributed by atoms with van der Waals surface area (Å²) in [7, 11) is -3.74. The normalized spacial score (nSPS) is 16.4. The lowest BCUT2D eigenvalue weighted by molar-refractivity contribution is -0.143. The summed E-state index contributed by atoms with van der Waals surface area (Å²) in [6.07, 6.45) is 3.30. The third kappa shape index (κ3) is 5.14. The van der Waals surface area contributed by atoms with E-state index in [1.807, 2.05) is 0 Å². The summed E-state index contributed by atoms with van der Waals surface area (Å²) in [5.41, 5.74) is 0. The highest BCUT2D eigenvalue weighted by Crippen LogP contribution is 2.14. The highest BCUT2D eigenvalue weighted by atomic mass is 32.2. The number of likely N-dealkylation sites (tertiary alicyclic amines) is 1. The molecule has 0 spiro atoms. The van der Waals surface area contributed by atoms with Crippen molar-refractivity contribution in [3.63, 3.8) is 0 Å². The molecule has 1 saturated heterocycles. The van der Waals surface area contributed by atoms with Gasteiger partial charge in [-0.3, -0.25) is 18.7 Å². The Morgan fingerprint density at radius 2 is 1.57 bits per heavy atom. The summed E-state index contributed by atoms with van der Waals surface area (Å²) in [5, 5.41) is 0. The highest BCUT2D eigenvalue weighted by Gasteiger charge is 2.23. The van der Waals surface area contributed by atoms with Crippen LogP contribution in [0.1, 0.15) is 38.5 Å². The quantitative estimate of drug-likeness (QED) is 0.432. The molecule has 0 aromatic heterocycles. The van der Waals surface area contributed by atoms with E-state index in [0.29, 0.717) is 32.2 Å². The average Bonchev–Trinajstić information content (AvgIpc) is 2.70. The second-order valence-electron chi connectivity index (χ2n) is 5.44. The number of benzene rings is 1. The molecule has 1 heterocycles. The maximum Gasteiger partial charge on any atom is 0.296 e. The molecular weight excluding hydrogens is 318 g/mol. The van der Waals surface area contributed by atoms with Crippen molar-refractivity contribution in [1.29, 1.82) is 0 Å². The van der Waals surface area contributed by atoms with Crippen molar-refractivity contribution in [2.24, 2.45) is 0 Å². The van der Waals surface area contributed by atoms with Crippen LogP contribution in [0, 0.1) is 0 Å². The van der Waals surface area contributed by atoms with Crippen molar-refractivity contribution < 1.29 is 22.2 Å². The maximum atomic E-state index is 11.9. The molecule has 2 amide bonds. The summed E-state index contributed by atoms with van der Waals surface area (Å²) in [4.78, 5) is 25.0. The summed E-state index contributed by atoms with van der Waals surface area (Å²) in [6, 6.07) is 7.95. The standard InChI is InChI=1S/C16H21NO5S/c18-15-10-4-5-11-16(19)17(15)12-6-7-13-22-23(20,21)14-8-2-1-3-9-14/h1-3,8-9H,4-7,10-13H2. The maximum absolute atomic E-state index is 11.9. The monoisotopic (exact) mass is 339 g/mol. The van der Waals surface area contributed by atoms with Crippen LogP contribution >= 0.6 is 0 Å². The number of amides is 2. The van der Waals surface area contributed by atoms with E-state index in [2.05, 4.69) is 0 Å². The van der Waals surface area contributed by atoms with E-state index in [0.717, 1.165) is 12.8 Å². The van der Waals surface area contributed by atoms with Crippen LogP contribution in [0.2, 0.25) is 0 Å². The molecule has 1 aliphatic rings. The molecule has 1 aliphatic heterocycles. The molecule has 1 aromatic rings. The molecule has 0 radical (unpaired) electrons. The van der Waals surface area contributed by atoms with Gasteiger partial charge in [-0.25, -0.2) is 0 Å². The van der Waals surface area contributed by atoms with Crippen LogP contribution in [-0.4, -0.2) is 38.3 Å². The number of hydrogen-bond acceptors (Lipinski definition) is 5. The van der Waals surface area contributed by atoms with E-state index < -0.39 is 10.1 Å². The fourth-order valence-corrected chi connectivity index (χ4v) is 3.37. The van der Waals surface area contributed by atoms with Crippen LogP contribution in [0.25, 0.3) is 0 Å². The Hall–Kier alpha value is -1.73. The van der Waals surface area contributed by atoms with Gasteiger partial charge >= 0.3 is 0 Å². The zero-order valence-electron chi connectivity index (χ0n) is 12.9. The van der Waals surface area contributed by atoms with Gasteiger partial charge in [0.2, 0.25) is 11.8 Å². The molecule has 0 unspecified atom stereocenters. The molecule has 0 atom stereocenters. The smallest absolute Gasteiger partial charge is 0.283 e. The molecule has 0 saturated carbocycles. The first-order chi connectivity index (χ1) is 11.0. The largest absolute Gasteiger partial charge is 0.296 e. The fourth-order valence-electron chi connectivity index (χ4n) is 2.41. The highest BCUT2D eigenvalue weighted by molar-refractivity contribution is 7.86. The van der Waals surface area contributed by atoms with E-state index in [1.165, 1.54) is 17.0 Å². The predicted molar refractivity (Wildman–Crippen MR) is 84.0 cm³/mol. The second kappa shape index (κ2) is 8.21. The summed E-state index contributed by atoms with van der Waals surface area (Å²) in [6.45, 7) is 0.361. The fraction of sp³-hybridized carbons (Fsp3) is 0.500. The molecule has 6 nitrogen and oxygen atoms in total. The van der Waals surface area contributed by atoms with Gasteiger partial charge in [0.15, 0.2) is 0 Å². The minimum atomic E-state index is -3.74. The zero-order valence-corrected chi connectivity index (χ0v) is 13.8. The van der Waals surface area contributed by atoms with Crippen molar-refractivity contribution in [3.05, 3.63) is 30.3 Å². The molecule has 0 aliphatic carbocycles. The topological polar surface area (TPSA) is 80.8 Å². The van der Waals surface area contributed by atoms with Crippen molar-refractivity contribution in [2.75, 3.05) is 13.2 Å². The van der Waals surface area contributed by atoms with Gasteiger partial charge in [0, 0.05) is 19.4 Å². The number of unbranched alkanes of at least 4 members (excludes halogenated alkanes) is 1. The van der Waals surface area contributed by atoms with E-state index in [1.54, 1.807) is 18.2 Å². The van der Waals surface area contributed by atoms with Crippen molar-refractivity contribution in [1.82, 2.24) is 4.90 Å². The van der Waals surface area contributed by atoms with E-state index in [4.69, 9.17) is 4.18 Å². The predicted octanol–water partition coefficient (Wildman–Crippen LogP) is 2.10. The molecule has 0 bridgehead atoms. The zero-order chi connectivity index (χ0) is 16.7. The Morgan fingerprint density at radius 3 is 2.17 bits per heavy atom. The molecule has 2 rings (SSSR count). The first-order valence-corrected chi connectivity index (χ1v) is 9.19. The lowest BCUT2D eigenvalue weighted by Crippen LogP contribution is -2.36. The molecule has 7 heteroatoms. The molecule has 1 fully saturated rings. The number of hydrogen-bond donors (Lipinski definition) is 0. The van der Waals surface area contributed by atoms with Crippen LogP contribution in [0.4, 0.5) is 0 Å². The van der Waals surface area contributed by atoms with Gasteiger partial charge in [-0.15, -0.1) is 0 Å². The van der Waals surface area contributed by atoms with Gasteiger partial charge in [-0.2, -0.15) is 8.42 Å². The second-order valence-corrected chi connectivity index (χ2v) is 7.06. The Bertz CT molecular complexity index is 624. The lowest BCUT2D eigenvalue weighted by Gasteiger charge is -2.18. The lowest BCUT2D eigenvalue weighted by atomic mass is 10.2. The average molecular weight is 339 g/mol. The van der Waals surface area contributed by atoms with Gasteiger partial charge in [0.1, 0.15) is 0 Å². The van der Waals surface area contributed by atoms with Gasteiger partial charge in [-0.1, -0.05) is 18.2 Å². The molecule has 0 N–H and O–H groups in total. The van der Waals surface area contributed by atoms with Crippen molar-refractivity contribution in [2.45, 2.75) is 43.4 Å².